The van der Waals surface area contributed by atoms with Crippen molar-refractivity contribution in [3.63, 3.8) is 0 Å². The Morgan fingerprint density at radius 3 is 2.73 bits per heavy atom. The average molecular weight is 391 g/mol. The number of hydrogen-bond donors (Lipinski definition) is 0. The number of aryl methyl sites for hydroxylation is 1. The lowest BCUT2D eigenvalue weighted by atomic mass is 10.2. The van der Waals surface area contributed by atoms with E-state index in [9.17, 15) is 9.18 Å². The summed E-state index contributed by atoms with van der Waals surface area (Å²) in [5, 5.41) is 0. The number of fused-ring (bicyclic) bond motifs is 1. The second-order valence-electron chi connectivity index (χ2n) is 5.52. The summed E-state index contributed by atoms with van der Waals surface area (Å²) in [6, 6.07) is 11.3. The summed E-state index contributed by atoms with van der Waals surface area (Å²) in [6.07, 6.45) is 2.04. The molecule has 4 nitrogen and oxygen atoms in total. The van der Waals surface area contributed by atoms with Crippen LogP contribution in [0.15, 0.2) is 47.5 Å². The zero-order valence-electron chi connectivity index (χ0n) is 14.6. The fourth-order valence-electron chi connectivity index (χ4n) is 2.54. The van der Waals surface area contributed by atoms with Crippen LogP contribution >= 0.6 is 23.1 Å². The fraction of sp³-hybridized carbons (Fsp3) is 0.263. The number of benzene rings is 2. The van der Waals surface area contributed by atoms with Gasteiger partial charge in [-0.15, -0.1) is 0 Å². The van der Waals surface area contributed by atoms with E-state index in [0.717, 1.165) is 28.3 Å². The maximum atomic E-state index is 13.1. The summed E-state index contributed by atoms with van der Waals surface area (Å²) in [5.41, 5.74) is 1.40. The molecule has 7 heteroatoms. The summed E-state index contributed by atoms with van der Waals surface area (Å²) < 4.78 is 21.7. The molecule has 0 radical (unpaired) electrons. The molecule has 2 aromatic carbocycles. The summed E-state index contributed by atoms with van der Waals surface area (Å²) in [4.78, 5) is 17.4. The molecule has 0 fully saturated rings. The first-order valence-corrected chi connectivity index (χ1v) is 10.4. The normalized spacial score (nSPS) is 11.9. The molecule has 0 saturated carbocycles. The Balaban J connectivity index is 2.07. The number of rotatable bonds is 6. The highest BCUT2D eigenvalue weighted by Gasteiger charge is 2.10. The van der Waals surface area contributed by atoms with Crippen LogP contribution in [0.3, 0.4) is 0 Å². The van der Waals surface area contributed by atoms with E-state index in [-0.39, 0.29) is 11.7 Å². The van der Waals surface area contributed by atoms with E-state index in [1.165, 1.54) is 35.6 Å². The van der Waals surface area contributed by atoms with Gasteiger partial charge in [-0.1, -0.05) is 11.3 Å². The average Bonchev–Trinajstić information content (AvgIpc) is 2.97. The lowest BCUT2D eigenvalue weighted by Crippen LogP contribution is -2.18. The van der Waals surface area contributed by atoms with E-state index < -0.39 is 0 Å². The monoisotopic (exact) mass is 390 g/mol. The third-order valence-corrected chi connectivity index (χ3v) is 5.40. The van der Waals surface area contributed by atoms with Crippen molar-refractivity contribution in [3.8, 4) is 5.75 Å². The van der Waals surface area contributed by atoms with Gasteiger partial charge in [0.15, 0.2) is 4.80 Å². The highest BCUT2D eigenvalue weighted by molar-refractivity contribution is 7.98. The Bertz CT molecular complexity index is 977. The highest BCUT2D eigenvalue weighted by Crippen LogP contribution is 2.24. The van der Waals surface area contributed by atoms with Gasteiger partial charge in [-0.3, -0.25) is 4.79 Å². The number of nitrogens with zero attached hydrogens (tertiary/aromatic N) is 2. The van der Waals surface area contributed by atoms with Crippen molar-refractivity contribution in [3.05, 3.63) is 58.6 Å². The van der Waals surface area contributed by atoms with E-state index in [0.29, 0.717) is 17.0 Å². The minimum absolute atomic E-state index is 0.371. The summed E-state index contributed by atoms with van der Waals surface area (Å²) in [7, 11) is 0. The fourth-order valence-corrected chi connectivity index (χ4v) is 3.99. The SMILES string of the molecule is CCOc1ccc2c(c1)sc(=NC(=O)c1ccc(F)cc1)n2CCSC. The molecule has 0 saturated heterocycles. The lowest BCUT2D eigenvalue weighted by Gasteiger charge is -2.05. The predicted octanol–water partition coefficient (Wildman–Crippen LogP) is 4.34. The van der Waals surface area contributed by atoms with Crippen molar-refractivity contribution < 1.29 is 13.9 Å². The van der Waals surface area contributed by atoms with Crippen LogP contribution in [0.1, 0.15) is 17.3 Å². The molecule has 0 atom stereocenters. The van der Waals surface area contributed by atoms with Gasteiger partial charge in [-0.25, -0.2) is 4.39 Å². The molecule has 1 aromatic heterocycles. The zero-order valence-corrected chi connectivity index (χ0v) is 16.2. The van der Waals surface area contributed by atoms with Crippen LogP contribution in [0.2, 0.25) is 0 Å². The standard InChI is InChI=1S/C19H19FN2O2S2/c1-3-24-15-8-9-16-17(12-15)26-19(22(16)10-11-25-2)21-18(23)13-4-6-14(20)7-5-13/h4-9,12H,3,10-11H2,1-2H3. The van der Waals surface area contributed by atoms with E-state index in [1.54, 1.807) is 11.8 Å². The maximum absolute atomic E-state index is 13.1. The third-order valence-electron chi connectivity index (χ3n) is 3.77. The van der Waals surface area contributed by atoms with Gasteiger partial charge >= 0.3 is 0 Å². The van der Waals surface area contributed by atoms with Crippen LogP contribution in [0.4, 0.5) is 4.39 Å². The van der Waals surface area contributed by atoms with Crippen LogP contribution in [-0.2, 0) is 6.54 Å². The van der Waals surface area contributed by atoms with Gasteiger partial charge in [0.25, 0.3) is 5.91 Å². The second kappa shape index (κ2) is 8.51. The first-order valence-electron chi connectivity index (χ1n) is 8.22. The molecule has 3 aromatic rings. The Morgan fingerprint density at radius 1 is 1.27 bits per heavy atom. The smallest absolute Gasteiger partial charge is 0.279 e. The molecule has 136 valence electrons. The third kappa shape index (κ3) is 4.16. The van der Waals surface area contributed by atoms with E-state index in [4.69, 9.17) is 4.74 Å². The van der Waals surface area contributed by atoms with Gasteiger partial charge in [0.1, 0.15) is 11.6 Å². The molecule has 26 heavy (non-hydrogen) atoms. The second-order valence-corrected chi connectivity index (χ2v) is 7.51. The van der Waals surface area contributed by atoms with Crippen molar-refractivity contribution in [2.75, 3.05) is 18.6 Å². The maximum Gasteiger partial charge on any atom is 0.279 e. The largest absolute Gasteiger partial charge is 0.494 e. The van der Waals surface area contributed by atoms with Gasteiger partial charge in [0.2, 0.25) is 0 Å². The number of aromatic nitrogens is 1. The lowest BCUT2D eigenvalue weighted by molar-refractivity contribution is 0.0998. The zero-order chi connectivity index (χ0) is 18.5. The molecule has 0 bridgehead atoms. The number of ether oxygens (including phenoxy) is 1. The Hall–Kier alpha value is -2.12. The van der Waals surface area contributed by atoms with E-state index in [2.05, 4.69) is 4.99 Å². The number of halogens is 1. The molecular formula is C19H19FN2O2S2. The van der Waals surface area contributed by atoms with Crippen molar-refractivity contribution >= 4 is 39.2 Å². The quantitative estimate of drug-likeness (QED) is 0.629. The number of hydrogen-bond acceptors (Lipinski definition) is 4. The van der Waals surface area contributed by atoms with Crippen molar-refractivity contribution in [1.29, 1.82) is 0 Å². The minimum atomic E-state index is -0.375. The first-order chi connectivity index (χ1) is 12.6. The van der Waals surface area contributed by atoms with Crippen LogP contribution in [0, 0.1) is 5.82 Å². The number of thioether (sulfide) groups is 1. The summed E-state index contributed by atoms with van der Waals surface area (Å²) in [6.45, 7) is 3.30. The minimum Gasteiger partial charge on any atom is -0.494 e. The molecule has 0 unspecified atom stereocenters. The van der Waals surface area contributed by atoms with Crippen LogP contribution in [0.5, 0.6) is 5.75 Å². The number of carbonyl (C=O) groups excluding carboxylic acids is 1. The predicted molar refractivity (Wildman–Crippen MR) is 106 cm³/mol. The molecule has 1 heterocycles. The van der Waals surface area contributed by atoms with Gasteiger partial charge in [0.05, 0.1) is 16.8 Å². The molecule has 0 aliphatic rings. The van der Waals surface area contributed by atoms with Crippen molar-refractivity contribution in [2.24, 2.45) is 4.99 Å². The molecule has 0 aliphatic heterocycles. The topological polar surface area (TPSA) is 43.6 Å². The Labute approximate surface area is 159 Å². The molecule has 0 N–H and O–H groups in total. The Kier molecular flexibility index (Phi) is 6.11. The van der Waals surface area contributed by atoms with Gasteiger partial charge in [0, 0.05) is 17.9 Å². The Morgan fingerprint density at radius 2 is 2.04 bits per heavy atom. The van der Waals surface area contributed by atoms with E-state index >= 15 is 0 Å². The number of carbonyl (C=O) groups is 1. The molecule has 0 spiro atoms. The van der Waals surface area contributed by atoms with Crippen LogP contribution in [0.25, 0.3) is 10.2 Å². The first kappa shape index (κ1) is 18.7. The van der Waals surface area contributed by atoms with Crippen LogP contribution in [-0.4, -0.2) is 29.1 Å². The van der Waals surface area contributed by atoms with Gasteiger partial charge < -0.3 is 9.30 Å². The molecule has 3 rings (SSSR count). The van der Waals surface area contributed by atoms with Crippen LogP contribution < -0.4 is 9.54 Å². The summed E-state index contributed by atoms with van der Waals surface area (Å²) >= 11 is 3.19. The summed E-state index contributed by atoms with van der Waals surface area (Å²) in [5.74, 6) is 0.966. The van der Waals surface area contributed by atoms with Gasteiger partial charge in [-0.2, -0.15) is 16.8 Å². The molecular weight excluding hydrogens is 371 g/mol. The van der Waals surface area contributed by atoms with Crippen molar-refractivity contribution in [2.45, 2.75) is 13.5 Å². The van der Waals surface area contributed by atoms with E-state index in [1.807, 2.05) is 35.9 Å². The number of amides is 1. The number of thiazole rings is 1. The molecule has 0 aliphatic carbocycles. The van der Waals surface area contributed by atoms with Gasteiger partial charge in [-0.05, 0) is 55.6 Å². The molecule has 1 amide bonds. The van der Waals surface area contributed by atoms with Crippen molar-refractivity contribution in [1.82, 2.24) is 4.57 Å². The highest BCUT2D eigenvalue weighted by atomic mass is 32.2.